The van der Waals surface area contributed by atoms with Crippen LogP contribution in [-0.4, -0.2) is 29.4 Å². The molecule has 1 aromatic carbocycles. The van der Waals surface area contributed by atoms with Gasteiger partial charge < -0.3 is 10.6 Å². The minimum atomic E-state index is 0.159. The van der Waals surface area contributed by atoms with E-state index in [1.807, 2.05) is 23.9 Å². The first-order chi connectivity index (χ1) is 8.49. The van der Waals surface area contributed by atoms with Gasteiger partial charge in [0.05, 0.1) is 5.69 Å². The molecule has 2 unspecified atom stereocenters. The summed E-state index contributed by atoms with van der Waals surface area (Å²) in [7, 11) is 0. The number of nitrogens with one attached hydrogen (secondary N) is 1. The van der Waals surface area contributed by atoms with Crippen molar-refractivity contribution in [2.24, 2.45) is 5.73 Å². The second-order valence-electron chi connectivity index (χ2n) is 5.05. The molecule has 4 heteroatoms. The molecular formula is C14H21N3S. The number of aryl methyl sites for hydroxylation is 1. The minimum absolute atomic E-state index is 0.159. The van der Waals surface area contributed by atoms with Gasteiger partial charge in [-0.1, -0.05) is 26.0 Å². The molecular weight excluding hydrogens is 242 g/mol. The number of hydrogen-bond acceptors (Lipinski definition) is 3. The summed E-state index contributed by atoms with van der Waals surface area (Å²) in [6, 6.07) is 6.02. The average molecular weight is 263 g/mol. The number of thioether (sulfide) groups is 1. The van der Waals surface area contributed by atoms with Crippen molar-refractivity contribution in [2.45, 2.75) is 31.3 Å². The molecule has 1 heterocycles. The number of hydrogen-bond donors (Lipinski definition) is 2. The van der Waals surface area contributed by atoms with E-state index in [9.17, 15) is 0 Å². The molecule has 1 aliphatic rings. The van der Waals surface area contributed by atoms with E-state index in [0.717, 1.165) is 24.3 Å². The van der Waals surface area contributed by atoms with Crippen LogP contribution in [0.5, 0.6) is 0 Å². The summed E-state index contributed by atoms with van der Waals surface area (Å²) < 4.78 is 0. The van der Waals surface area contributed by atoms with Crippen LogP contribution in [0.25, 0.3) is 0 Å². The van der Waals surface area contributed by atoms with E-state index in [1.54, 1.807) is 0 Å². The van der Waals surface area contributed by atoms with Crippen LogP contribution in [0, 0.1) is 12.3 Å². The Bertz CT molecular complexity index is 448. The largest absolute Gasteiger partial charge is 0.384 e. The topological polar surface area (TPSA) is 53.1 Å². The highest BCUT2D eigenvalue weighted by molar-refractivity contribution is 8.00. The molecule has 0 saturated carbocycles. The van der Waals surface area contributed by atoms with Crippen LogP contribution >= 0.6 is 11.8 Å². The van der Waals surface area contributed by atoms with Gasteiger partial charge in [-0.2, -0.15) is 11.8 Å². The Morgan fingerprint density at radius 2 is 1.94 bits per heavy atom. The molecule has 0 aromatic heterocycles. The van der Waals surface area contributed by atoms with E-state index in [0.29, 0.717) is 10.5 Å². The molecule has 2 rings (SSSR count). The van der Waals surface area contributed by atoms with Crippen molar-refractivity contribution in [1.29, 1.82) is 5.41 Å². The first kappa shape index (κ1) is 13.3. The van der Waals surface area contributed by atoms with Crippen molar-refractivity contribution in [3.63, 3.8) is 0 Å². The third kappa shape index (κ3) is 2.64. The Kier molecular flexibility index (Phi) is 3.85. The SMILES string of the molecule is Cc1cccc(C(=N)N)c1N1CC(C)SC(C)C1. The molecule has 1 aliphatic heterocycles. The zero-order valence-electron chi connectivity index (χ0n) is 11.2. The van der Waals surface area contributed by atoms with Crippen molar-refractivity contribution in [3.05, 3.63) is 29.3 Å². The van der Waals surface area contributed by atoms with Gasteiger partial charge in [0, 0.05) is 29.2 Å². The fourth-order valence-corrected chi connectivity index (χ4v) is 3.98. The molecule has 0 aliphatic carbocycles. The van der Waals surface area contributed by atoms with Crippen LogP contribution in [0.15, 0.2) is 18.2 Å². The second kappa shape index (κ2) is 5.22. The second-order valence-corrected chi connectivity index (χ2v) is 6.93. The molecule has 1 saturated heterocycles. The molecule has 1 aromatic rings. The van der Waals surface area contributed by atoms with E-state index < -0.39 is 0 Å². The molecule has 0 radical (unpaired) electrons. The van der Waals surface area contributed by atoms with Crippen molar-refractivity contribution >= 4 is 23.3 Å². The highest BCUT2D eigenvalue weighted by atomic mass is 32.2. The Labute approximate surface area is 113 Å². The average Bonchev–Trinajstić information content (AvgIpc) is 2.26. The highest BCUT2D eigenvalue weighted by Crippen LogP contribution is 2.32. The summed E-state index contributed by atoms with van der Waals surface area (Å²) in [5, 5.41) is 8.98. The molecule has 98 valence electrons. The predicted molar refractivity (Wildman–Crippen MR) is 80.9 cm³/mol. The number of nitrogens with two attached hydrogens (primary N) is 1. The third-order valence-corrected chi connectivity index (χ3v) is 4.49. The van der Waals surface area contributed by atoms with Crippen LogP contribution in [0.4, 0.5) is 5.69 Å². The lowest BCUT2D eigenvalue weighted by Gasteiger charge is -2.38. The van der Waals surface area contributed by atoms with Gasteiger partial charge in [0.25, 0.3) is 0 Å². The summed E-state index contributed by atoms with van der Waals surface area (Å²) in [5.41, 5.74) is 8.92. The van der Waals surface area contributed by atoms with Crippen molar-refractivity contribution in [3.8, 4) is 0 Å². The number of nitrogen functional groups attached to an aromatic ring is 1. The van der Waals surface area contributed by atoms with Gasteiger partial charge in [-0.05, 0) is 18.6 Å². The first-order valence-electron chi connectivity index (χ1n) is 6.33. The zero-order valence-corrected chi connectivity index (χ0v) is 12.1. The maximum atomic E-state index is 7.74. The molecule has 3 nitrogen and oxygen atoms in total. The number of anilines is 1. The monoisotopic (exact) mass is 263 g/mol. The van der Waals surface area contributed by atoms with Crippen LogP contribution in [0.1, 0.15) is 25.0 Å². The highest BCUT2D eigenvalue weighted by Gasteiger charge is 2.25. The van der Waals surface area contributed by atoms with E-state index in [-0.39, 0.29) is 5.84 Å². The lowest BCUT2D eigenvalue weighted by Crippen LogP contribution is -2.41. The van der Waals surface area contributed by atoms with Gasteiger partial charge in [-0.25, -0.2) is 0 Å². The molecule has 18 heavy (non-hydrogen) atoms. The maximum absolute atomic E-state index is 7.74. The number of rotatable bonds is 2. The number of para-hydroxylation sites is 1. The third-order valence-electron chi connectivity index (χ3n) is 3.26. The summed E-state index contributed by atoms with van der Waals surface area (Å²) in [5.74, 6) is 0.159. The Hall–Kier alpha value is -1.16. The first-order valence-corrected chi connectivity index (χ1v) is 7.27. The normalized spacial score (nSPS) is 24.1. The molecule has 2 atom stereocenters. The molecule has 3 N–H and O–H groups in total. The maximum Gasteiger partial charge on any atom is 0.124 e. The number of amidine groups is 1. The smallest absolute Gasteiger partial charge is 0.124 e. The van der Waals surface area contributed by atoms with Crippen molar-refractivity contribution < 1.29 is 0 Å². The van der Waals surface area contributed by atoms with E-state index >= 15 is 0 Å². The fraction of sp³-hybridized carbons (Fsp3) is 0.500. The summed E-state index contributed by atoms with van der Waals surface area (Å²) in [4.78, 5) is 2.39. The lowest BCUT2D eigenvalue weighted by atomic mass is 10.0. The Morgan fingerprint density at radius 3 is 2.50 bits per heavy atom. The number of benzene rings is 1. The zero-order chi connectivity index (χ0) is 13.3. The standard InChI is InChI=1S/C14H21N3S/c1-9-5-4-6-12(14(15)16)13(9)17-7-10(2)18-11(3)8-17/h4-6,10-11H,7-8H2,1-3H3,(H3,15,16). The van der Waals surface area contributed by atoms with Crippen LogP contribution in [0.3, 0.4) is 0 Å². The lowest BCUT2D eigenvalue weighted by molar-refractivity contribution is 0.725. The van der Waals surface area contributed by atoms with Gasteiger partial charge in [0.2, 0.25) is 0 Å². The molecule has 0 amide bonds. The summed E-state index contributed by atoms with van der Waals surface area (Å²) in [6.07, 6.45) is 0. The van der Waals surface area contributed by atoms with Gasteiger partial charge in [-0.3, -0.25) is 5.41 Å². The van der Waals surface area contributed by atoms with Crippen LogP contribution < -0.4 is 10.6 Å². The Morgan fingerprint density at radius 1 is 1.33 bits per heavy atom. The van der Waals surface area contributed by atoms with Crippen molar-refractivity contribution in [2.75, 3.05) is 18.0 Å². The molecule has 0 spiro atoms. The molecule has 0 bridgehead atoms. The minimum Gasteiger partial charge on any atom is -0.384 e. The van der Waals surface area contributed by atoms with Crippen LogP contribution in [0.2, 0.25) is 0 Å². The summed E-state index contributed by atoms with van der Waals surface area (Å²) in [6.45, 7) is 8.68. The Balaban J connectivity index is 2.40. The van der Waals surface area contributed by atoms with Gasteiger partial charge >= 0.3 is 0 Å². The van der Waals surface area contributed by atoms with Gasteiger partial charge in [0.1, 0.15) is 5.84 Å². The summed E-state index contributed by atoms with van der Waals surface area (Å²) >= 11 is 2.03. The van der Waals surface area contributed by atoms with Crippen LogP contribution in [-0.2, 0) is 0 Å². The predicted octanol–water partition coefficient (Wildman–Crippen LogP) is 2.61. The van der Waals surface area contributed by atoms with E-state index in [4.69, 9.17) is 11.1 Å². The molecule has 1 fully saturated rings. The quantitative estimate of drug-likeness (QED) is 0.637. The van der Waals surface area contributed by atoms with E-state index in [2.05, 4.69) is 31.7 Å². The van der Waals surface area contributed by atoms with E-state index in [1.165, 1.54) is 5.56 Å². The van der Waals surface area contributed by atoms with Gasteiger partial charge in [0.15, 0.2) is 0 Å². The number of nitrogens with zero attached hydrogens (tertiary/aromatic N) is 1. The van der Waals surface area contributed by atoms with Crippen molar-refractivity contribution in [1.82, 2.24) is 0 Å². The van der Waals surface area contributed by atoms with Gasteiger partial charge in [-0.15, -0.1) is 0 Å². The fourth-order valence-electron chi connectivity index (χ4n) is 2.66.